The number of rotatable bonds is 4. The molecular formula is C16H15N7S. The second kappa shape index (κ2) is 6.04. The minimum absolute atomic E-state index is 0.675. The number of imidazole rings is 1. The summed E-state index contributed by atoms with van der Waals surface area (Å²) in [5.74, 6) is 1.37. The molecule has 0 saturated carbocycles. The van der Waals surface area contributed by atoms with Gasteiger partial charge in [-0.15, -0.1) is 5.10 Å². The SMILES string of the molecule is Cc1ccc(-n2nnnc2SCc2cn3cccnc3n2)cc1C. The Hall–Kier alpha value is -2.74. The van der Waals surface area contributed by atoms with Crippen LogP contribution in [0.3, 0.4) is 0 Å². The first-order valence-corrected chi connectivity index (χ1v) is 8.47. The quantitative estimate of drug-likeness (QED) is 0.533. The van der Waals surface area contributed by atoms with Crippen LogP contribution in [0.4, 0.5) is 0 Å². The van der Waals surface area contributed by atoms with Crippen LogP contribution in [0.25, 0.3) is 11.5 Å². The summed E-state index contributed by atoms with van der Waals surface area (Å²) >= 11 is 1.55. The summed E-state index contributed by atoms with van der Waals surface area (Å²) in [7, 11) is 0. The van der Waals surface area contributed by atoms with E-state index in [1.54, 1.807) is 22.6 Å². The Bertz CT molecular complexity index is 972. The molecule has 0 saturated heterocycles. The van der Waals surface area contributed by atoms with Gasteiger partial charge in [-0.05, 0) is 53.6 Å². The van der Waals surface area contributed by atoms with Crippen LogP contribution in [0.2, 0.25) is 0 Å². The summed E-state index contributed by atoms with van der Waals surface area (Å²) in [6, 6.07) is 8.07. The molecule has 0 atom stereocenters. The van der Waals surface area contributed by atoms with E-state index >= 15 is 0 Å². The van der Waals surface area contributed by atoms with E-state index in [1.165, 1.54) is 11.1 Å². The molecule has 3 aromatic heterocycles. The van der Waals surface area contributed by atoms with Crippen LogP contribution in [0, 0.1) is 13.8 Å². The van der Waals surface area contributed by atoms with Crippen LogP contribution >= 0.6 is 11.8 Å². The van der Waals surface area contributed by atoms with Gasteiger partial charge in [0.15, 0.2) is 0 Å². The fourth-order valence-corrected chi connectivity index (χ4v) is 3.15. The highest BCUT2D eigenvalue weighted by molar-refractivity contribution is 7.98. The molecule has 120 valence electrons. The van der Waals surface area contributed by atoms with Crippen LogP contribution in [0.1, 0.15) is 16.8 Å². The molecule has 1 aromatic carbocycles. The standard InChI is InChI=1S/C16H15N7S/c1-11-4-5-14(8-12(11)2)23-16(19-20-21-23)24-10-13-9-22-7-3-6-17-15(22)18-13/h3-9H,10H2,1-2H3. The second-order valence-electron chi connectivity index (χ2n) is 5.49. The van der Waals surface area contributed by atoms with E-state index in [9.17, 15) is 0 Å². The number of benzene rings is 1. The monoisotopic (exact) mass is 337 g/mol. The van der Waals surface area contributed by atoms with Crippen LogP contribution in [0.15, 0.2) is 48.0 Å². The third kappa shape index (κ3) is 2.76. The first kappa shape index (κ1) is 14.8. The number of fused-ring (bicyclic) bond motifs is 1. The van der Waals surface area contributed by atoms with Gasteiger partial charge < -0.3 is 0 Å². The summed E-state index contributed by atoms with van der Waals surface area (Å²) in [6.07, 6.45) is 5.64. The molecule has 0 unspecified atom stereocenters. The summed E-state index contributed by atoms with van der Waals surface area (Å²) < 4.78 is 3.66. The molecule has 0 amide bonds. The fourth-order valence-electron chi connectivity index (χ4n) is 2.38. The molecule has 7 nitrogen and oxygen atoms in total. The summed E-state index contributed by atoms with van der Waals surface area (Å²) in [5.41, 5.74) is 4.36. The van der Waals surface area contributed by atoms with Crippen molar-refractivity contribution in [3.63, 3.8) is 0 Å². The summed E-state index contributed by atoms with van der Waals surface area (Å²) in [5, 5.41) is 12.8. The average Bonchev–Trinajstić information content (AvgIpc) is 3.21. The molecular weight excluding hydrogens is 322 g/mol. The Labute approximate surface area is 142 Å². The molecule has 0 aliphatic heterocycles. The maximum atomic E-state index is 4.49. The Morgan fingerprint density at radius 3 is 2.92 bits per heavy atom. The Balaban J connectivity index is 1.57. The minimum atomic E-state index is 0.675. The van der Waals surface area contributed by atoms with Gasteiger partial charge >= 0.3 is 0 Å². The minimum Gasteiger partial charge on any atom is -0.291 e. The van der Waals surface area contributed by atoms with Gasteiger partial charge in [-0.2, -0.15) is 4.68 Å². The van der Waals surface area contributed by atoms with Crippen molar-refractivity contribution in [2.24, 2.45) is 0 Å². The van der Waals surface area contributed by atoms with Crippen molar-refractivity contribution in [1.82, 2.24) is 34.6 Å². The fraction of sp³-hybridized carbons (Fsp3) is 0.188. The molecule has 4 aromatic rings. The number of tetrazole rings is 1. The second-order valence-corrected chi connectivity index (χ2v) is 6.43. The van der Waals surface area contributed by atoms with Crippen LogP contribution < -0.4 is 0 Å². The lowest BCUT2D eigenvalue weighted by Gasteiger charge is -2.06. The topological polar surface area (TPSA) is 73.8 Å². The zero-order valence-electron chi connectivity index (χ0n) is 13.3. The summed E-state index contributed by atoms with van der Waals surface area (Å²) in [4.78, 5) is 8.72. The normalized spacial score (nSPS) is 11.2. The van der Waals surface area contributed by atoms with Crippen LogP contribution in [-0.4, -0.2) is 34.6 Å². The van der Waals surface area contributed by atoms with E-state index < -0.39 is 0 Å². The van der Waals surface area contributed by atoms with E-state index in [0.717, 1.165) is 16.5 Å². The van der Waals surface area contributed by atoms with Crippen molar-refractivity contribution in [1.29, 1.82) is 0 Å². The number of hydrogen-bond acceptors (Lipinski definition) is 6. The highest BCUT2D eigenvalue weighted by atomic mass is 32.2. The highest BCUT2D eigenvalue weighted by Crippen LogP contribution is 2.23. The number of aryl methyl sites for hydroxylation is 2. The molecule has 24 heavy (non-hydrogen) atoms. The number of aromatic nitrogens is 7. The van der Waals surface area contributed by atoms with Crippen molar-refractivity contribution in [2.45, 2.75) is 24.8 Å². The smallest absolute Gasteiger partial charge is 0.233 e. The van der Waals surface area contributed by atoms with Crippen LogP contribution in [0.5, 0.6) is 0 Å². The zero-order valence-corrected chi connectivity index (χ0v) is 14.1. The van der Waals surface area contributed by atoms with E-state index in [2.05, 4.69) is 51.5 Å². The van der Waals surface area contributed by atoms with Gasteiger partial charge in [-0.1, -0.05) is 17.8 Å². The lowest BCUT2D eigenvalue weighted by atomic mass is 10.1. The summed E-state index contributed by atoms with van der Waals surface area (Å²) in [6.45, 7) is 4.17. The third-order valence-corrected chi connectivity index (χ3v) is 4.76. The third-order valence-electron chi connectivity index (χ3n) is 3.81. The van der Waals surface area contributed by atoms with Crippen molar-refractivity contribution in [2.75, 3.05) is 0 Å². The largest absolute Gasteiger partial charge is 0.291 e. The average molecular weight is 337 g/mol. The predicted octanol–water partition coefficient (Wildman–Crippen LogP) is 2.61. The number of nitrogens with zero attached hydrogens (tertiary/aromatic N) is 7. The molecule has 4 rings (SSSR count). The van der Waals surface area contributed by atoms with Crippen molar-refractivity contribution in [3.05, 3.63) is 59.7 Å². The molecule has 3 heterocycles. The van der Waals surface area contributed by atoms with E-state index in [4.69, 9.17) is 0 Å². The first-order valence-electron chi connectivity index (χ1n) is 7.48. The number of hydrogen-bond donors (Lipinski definition) is 0. The van der Waals surface area contributed by atoms with Gasteiger partial charge in [0, 0.05) is 24.3 Å². The Morgan fingerprint density at radius 2 is 2.08 bits per heavy atom. The van der Waals surface area contributed by atoms with Gasteiger partial charge in [-0.25, -0.2) is 9.97 Å². The molecule has 0 fully saturated rings. The Morgan fingerprint density at radius 1 is 1.17 bits per heavy atom. The molecule has 8 heteroatoms. The van der Waals surface area contributed by atoms with E-state index in [1.807, 2.05) is 28.9 Å². The maximum absolute atomic E-state index is 4.49. The van der Waals surface area contributed by atoms with E-state index in [0.29, 0.717) is 11.5 Å². The van der Waals surface area contributed by atoms with Gasteiger partial charge in [0.1, 0.15) is 0 Å². The first-order chi connectivity index (χ1) is 11.7. The molecule has 0 N–H and O–H groups in total. The van der Waals surface area contributed by atoms with Gasteiger partial charge in [0.25, 0.3) is 0 Å². The zero-order chi connectivity index (χ0) is 16.5. The van der Waals surface area contributed by atoms with Gasteiger partial charge in [-0.3, -0.25) is 4.40 Å². The molecule has 0 spiro atoms. The van der Waals surface area contributed by atoms with Gasteiger partial charge in [0.05, 0.1) is 11.4 Å². The number of thioether (sulfide) groups is 1. The predicted molar refractivity (Wildman–Crippen MR) is 91.2 cm³/mol. The molecule has 0 radical (unpaired) electrons. The molecule has 0 aliphatic rings. The van der Waals surface area contributed by atoms with Gasteiger partial charge in [0.2, 0.25) is 10.9 Å². The van der Waals surface area contributed by atoms with Crippen molar-refractivity contribution >= 4 is 17.5 Å². The molecule has 0 bridgehead atoms. The lowest BCUT2D eigenvalue weighted by molar-refractivity contribution is 0.755. The highest BCUT2D eigenvalue weighted by Gasteiger charge is 2.11. The maximum Gasteiger partial charge on any atom is 0.233 e. The van der Waals surface area contributed by atoms with Crippen LogP contribution in [-0.2, 0) is 5.75 Å². The van der Waals surface area contributed by atoms with E-state index in [-0.39, 0.29) is 0 Å². The van der Waals surface area contributed by atoms with Crippen molar-refractivity contribution < 1.29 is 0 Å². The molecule has 0 aliphatic carbocycles. The lowest BCUT2D eigenvalue weighted by Crippen LogP contribution is -2.00. The Kier molecular flexibility index (Phi) is 3.73. The van der Waals surface area contributed by atoms with Crippen molar-refractivity contribution in [3.8, 4) is 5.69 Å².